The van der Waals surface area contributed by atoms with Gasteiger partial charge in [-0.3, -0.25) is 13.7 Å². The molecule has 0 saturated heterocycles. The number of aromatic nitrogens is 9. The molecular weight excluding hydrogens is 1720 g/mol. The van der Waals surface area contributed by atoms with Gasteiger partial charge in [-0.2, -0.15) is 4.98 Å². The Morgan fingerprint density at radius 2 is 0.461 bits per heavy atom. The molecule has 141 heavy (non-hydrogen) atoms. The SMILES string of the molecule is c1ccc(-c2ccc(-n3c4ccc(-c5ccc6c(c5)c5ccccc5n6-c5ccc6c(c5)oc5ccccc56)cc4c4cccnc43)cc2)cc1.c1ccc(-n2c3ccccc3c3cc(-c4ccc5c(c4)c4ccccc4n5-c4cc5oc6ccccc6c5cn4)ccc32)cc1.c1ccc(-n2c3ccccc3c3cc(-c4ccc5c(c4)c4ccccc4n5-c4ccc5c(n4)oc4ccccc45)ccc32)cc1. The number of hydrogen-bond donors (Lipinski definition) is 0. The van der Waals surface area contributed by atoms with Crippen molar-refractivity contribution >= 4 is 197 Å². The summed E-state index contributed by atoms with van der Waals surface area (Å²) in [6, 6.07) is 166. The van der Waals surface area contributed by atoms with E-state index in [1.54, 1.807) is 0 Å². The zero-order chi connectivity index (χ0) is 92.4. The summed E-state index contributed by atoms with van der Waals surface area (Å²) in [6.07, 6.45) is 3.82. The maximum Gasteiger partial charge on any atom is 0.229 e. The van der Waals surface area contributed by atoms with Crippen molar-refractivity contribution in [3.8, 4) is 78.9 Å². The van der Waals surface area contributed by atoms with Crippen LogP contribution in [0.3, 0.4) is 0 Å². The second-order valence-electron chi connectivity index (χ2n) is 36.5. The first-order chi connectivity index (χ1) is 69.9. The zero-order valence-corrected chi connectivity index (χ0v) is 75.9. The van der Waals surface area contributed by atoms with E-state index in [-0.39, 0.29) is 0 Å². The molecule has 19 aromatic carbocycles. The highest BCUT2D eigenvalue weighted by Crippen LogP contribution is 2.46. The van der Waals surface area contributed by atoms with Gasteiger partial charge < -0.3 is 27.0 Å². The molecule has 658 valence electrons. The summed E-state index contributed by atoms with van der Waals surface area (Å²) in [6.45, 7) is 0. The number of pyridine rings is 3. The summed E-state index contributed by atoms with van der Waals surface area (Å²) in [5.41, 5.74) is 32.8. The second kappa shape index (κ2) is 31.7. The Kier molecular flexibility index (Phi) is 17.8. The highest BCUT2D eigenvalue weighted by atomic mass is 16.3. The Balaban J connectivity index is 0.000000102. The molecule has 12 nitrogen and oxygen atoms in total. The summed E-state index contributed by atoms with van der Waals surface area (Å²) < 4.78 is 32.5. The van der Waals surface area contributed by atoms with Crippen LogP contribution in [-0.2, 0) is 0 Å². The quantitative estimate of drug-likeness (QED) is 0.135. The summed E-state index contributed by atoms with van der Waals surface area (Å²) in [5, 5.41) is 21.1. The van der Waals surface area contributed by atoms with E-state index in [1.165, 1.54) is 143 Å². The van der Waals surface area contributed by atoms with Crippen LogP contribution in [0.2, 0.25) is 0 Å². The number of nitrogens with zero attached hydrogens (tertiary/aromatic N) is 9. The molecule has 0 aliphatic rings. The maximum atomic E-state index is 6.29. The van der Waals surface area contributed by atoms with Crippen molar-refractivity contribution in [1.82, 2.24) is 42.4 Å². The largest absolute Gasteiger partial charge is 0.456 e. The van der Waals surface area contributed by atoms with E-state index in [4.69, 9.17) is 28.2 Å². The minimum atomic E-state index is 0.652. The maximum absolute atomic E-state index is 6.29. The summed E-state index contributed by atoms with van der Waals surface area (Å²) >= 11 is 0. The Hall–Kier alpha value is -19.2. The molecule has 0 spiro atoms. The molecule has 0 aliphatic carbocycles. The molecule has 31 aromatic rings. The lowest BCUT2D eigenvalue weighted by Gasteiger charge is -2.10. The van der Waals surface area contributed by atoms with Gasteiger partial charge in [-0.15, -0.1) is 0 Å². The lowest BCUT2D eigenvalue weighted by Crippen LogP contribution is -1.96. The first-order valence-electron chi connectivity index (χ1n) is 47.7. The molecule has 0 N–H and O–H groups in total. The van der Waals surface area contributed by atoms with Gasteiger partial charge in [0, 0.05) is 144 Å². The fourth-order valence-electron chi connectivity index (χ4n) is 22.3. The van der Waals surface area contributed by atoms with E-state index in [0.29, 0.717) is 5.71 Å². The number of benzene rings is 19. The van der Waals surface area contributed by atoms with Crippen LogP contribution < -0.4 is 0 Å². The van der Waals surface area contributed by atoms with Crippen LogP contribution in [0.4, 0.5) is 0 Å². The van der Waals surface area contributed by atoms with Crippen LogP contribution in [0.25, 0.3) is 276 Å². The molecule has 0 amide bonds. The third kappa shape index (κ3) is 12.7. The smallest absolute Gasteiger partial charge is 0.229 e. The topological polar surface area (TPSA) is 108 Å². The average Bonchev–Trinajstić information content (AvgIpc) is 1.58. The number of para-hydroxylation sites is 10. The average molecular weight is 1800 g/mol. The van der Waals surface area contributed by atoms with E-state index in [9.17, 15) is 0 Å². The summed E-state index contributed by atoms with van der Waals surface area (Å²) in [5.74, 6) is 1.69. The van der Waals surface area contributed by atoms with E-state index >= 15 is 0 Å². The Bertz CT molecular complexity index is 10200. The Morgan fingerprint density at radius 1 is 0.156 bits per heavy atom. The molecule has 0 unspecified atom stereocenters. The lowest BCUT2D eigenvalue weighted by molar-refractivity contribution is 0.653. The van der Waals surface area contributed by atoms with Crippen molar-refractivity contribution in [2.24, 2.45) is 0 Å². The highest BCUT2D eigenvalue weighted by Gasteiger charge is 2.25. The first kappa shape index (κ1) is 79.2. The van der Waals surface area contributed by atoms with Crippen LogP contribution in [0.5, 0.6) is 0 Å². The third-order valence-corrected chi connectivity index (χ3v) is 28.7. The molecule has 0 fully saturated rings. The number of furan rings is 3. The molecular formula is C129H79N9O3. The van der Waals surface area contributed by atoms with Crippen molar-refractivity contribution in [3.63, 3.8) is 0 Å². The minimum absolute atomic E-state index is 0.652. The van der Waals surface area contributed by atoms with E-state index in [1.807, 2.05) is 67.0 Å². The van der Waals surface area contributed by atoms with Gasteiger partial charge in [-0.05, 0) is 239 Å². The first-order valence-corrected chi connectivity index (χ1v) is 47.7. The zero-order valence-electron chi connectivity index (χ0n) is 75.9. The third-order valence-electron chi connectivity index (χ3n) is 28.7. The van der Waals surface area contributed by atoms with Crippen molar-refractivity contribution in [3.05, 3.63) is 480 Å². The molecule has 0 bridgehead atoms. The predicted molar refractivity (Wildman–Crippen MR) is 582 cm³/mol. The van der Waals surface area contributed by atoms with Gasteiger partial charge in [-0.1, -0.05) is 261 Å². The van der Waals surface area contributed by atoms with E-state index < -0.39 is 0 Å². The van der Waals surface area contributed by atoms with Crippen LogP contribution in [0.1, 0.15) is 0 Å². The Labute approximate surface area is 805 Å². The van der Waals surface area contributed by atoms with E-state index in [2.05, 4.69) is 440 Å². The minimum Gasteiger partial charge on any atom is -0.456 e. The van der Waals surface area contributed by atoms with Gasteiger partial charge in [0.05, 0.1) is 60.7 Å². The monoisotopic (exact) mass is 1800 g/mol. The van der Waals surface area contributed by atoms with Gasteiger partial charge in [0.25, 0.3) is 0 Å². The molecule has 31 rings (SSSR count). The highest BCUT2D eigenvalue weighted by molar-refractivity contribution is 6.18. The lowest BCUT2D eigenvalue weighted by atomic mass is 10.0. The number of hydrogen-bond acceptors (Lipinski definition) is 6. The summed E-state index contributed by atoms with van der Waals surface area (Å²) in [4.78, 5) is 14.8. The van der Waals surface area contributed by atoms with Gasteiger partial charge in [0.1, 0.15) is 45.2 Å². The van der Waals surface area contributed by atoms with Crippen LogP contribution in [0, 0.1) is 0 Å². The molecule has 12 heterocycles. The fraction of sp³-hybridized carbons (Fsp3) is 0. The standard InChI is InChI=1S/C47H29N3O.2C41H25N3O/c1-2-9-30(10-3-1)31-16-20-34(21-17-31)50-44-25-19-33(28-41(44)39-13-8-26-48-47(39)50)32-18-24-43-40(27-32)36-11-4-6-14-42(36)49(43)35-22-23-38-37-12-5-7-15-45(37)51-46(38)29-35;1-2-10-28(11-3-1)43-35-15-7-4-12-29(35)33-24-26(18-21-37(33)43)27-19-22-38-34(25-27)30-13-5-8-16-36(30)44(38)40-23-20-32-31-14-6-9-17-39(31)45-41(32)42-40;1-2-10-28(11-3-1)43-35-15-7-4-12-29(35)32-22-26(18-20-37(32)43)27-19-21-38-33(23-27)30-13-5-8-16-36(30)44(38)41-24-40-34(25-42-41)31-14-6-9-17-39(31)45-40/h1-29H;2*1-25H. The predicted octanol–water partition coefficient (Wildman–Crippen LogP) is 34.2. The molecule has 0 radical (unpaired) electrons. The van der Waals surface area contributed by atoms with Gasteiger partial charge >= 0.3 is 0 Å². The van der Waals surface area contributed by atoms with Gasteiger partial charge in [-0.25, -0.2) is 9.97 Å². The summed E-state index contributed by atoms with van der Waals surface area (Å²) in [7, 11) is 0. The van der Waals surface area contributed by atoms with Crippen molar-refractivity contribution < 1.29 is 13.3 Å². The second-order valence-corrected chi connectivity index (χ2v) is 36.5. The van der Waals surface area contributed by atoms with Crippen LogP contribution in [-0.4, -0.2) is 42.4 Å². The molecule has 0 aliphatic heterocycles. The van der Waals surface area contributed by atoms with Gasteiger partial charge in [0.15, 0.2) is 0 Å². The number of fused-ring (bicyclic) bond motifs is 27. The molecule has 0 atom stereocenters. The van der Waals surface area contributed by atoms with Crippen LogP contribution in [0.15, 0.2) is 493 Å². The van der Waals surface area contributed by atoms with E-state index in [0.717, 1.165) is 127 Å². The van der Waals surface area contributed by atoms with Gasteiger partial charge in [0.2, 0.25) is 5.71 Å². The van der Waals surface area contributed by atoms with Crippen molar-refractivity contribution in [2.45, 2.75) is 0 Å². The fourth-order valence-corrected chi connectivity index (χ4v) is 22.3. The molecule has 12 heteroatoms. The van der Waals surface area contributed by atoms with Crippen molar-refractivity contribution in [1.29, 1.82) is 0 Å². The van der Waals surface area contributed by atoms with Crippen LogP contribution >= 0.6 is 0 Å². The normalized spacial score (nSPS) is 12.0. The van der Waals surface area contributed by atoms with Crippen molar-refractivity contribution in [2.75, 3.05) is 0 Å². The Morgan fingerprint density at radius 3 is 0.929 bits per heavy atom. The molecule has 0 saturated carbocycles. The molecule has 12 aromatic heterocycles. The number of rotatable bonds is 10.